The van der Waals surface area contributed by atoms with E-state index < -0.39 is 71.0 Å². The van der Waals surface area contributed by atoms with Crippen LogP contribution in [0.25, 0.3) is 0 Å². The number of carboxylic acids is 3. The van der Waals surface area contributed by atoms with Crippen molar-refractivity contribution in [2.45, 2.75) is 17.7 Å². The molecule has 17 heteroatoms. The van der Waals surface area contributed by atoms with Crippen LogP contribution in [0.1, 0.15) is 0 Å². The molecule has 0 heterocycles. The first kappa shape index (κ1) is 24.5. The Morgan fingerprint density at radius 3 is 1.37 bits per heavy atom. The van der Waals surface area contributed by atoms with Gasteiger partial charge in [-0.2, -0.15) is 10.2 Å². The predicted molar refractivity (Wildman–Crippen MR) is 71.4 cm³/mol. The highest BCUT2D eigenvalue weighted by Gasteiger charge is 2.64. The fraction of sp³-hybridized carbons (Fsp3) is 0.600. The molecule has 27 heavy (non-hydrogen) atoms. The van der Waals surface area contributed by atoms with Crippen molar-refractivity contribution >= 4 is 23.9 Å². The summed E-state index contributed by atoms with van der Waals surface area (Å²) in [6, 6.07) is 0. The number of carboxylic acid groups (broad SMARTS) is 3. The van der Waals surface area contributed by atoms with Crippen molar-refractivity contribution in [3.63, 3.8) is 0 Å². The quantitative estimate of drug-likeness (QED) is 0.0869. The van der Waals surface area contributed by atoms with Crippen molar-refractivity contribution in [2.75, 3.05) is 19.6 Å². The van der Waals surface area contributed by atoms with Crippen LogP contribution in [-0.2, 0) is 24.1 Å². The van der Waals surface area contributed by atoms with Gasteiger partial charge < -0.3 is 46.0 Å². The molecule has 0 aromatic carbocycles. The summed E-state index contributed by atoms with van der Waals surface area (Å²) in [5.41, 5.74) is 0. The van der Waals surface area contributed by atoms with Gasteiger partial charge in [-0.3, -0.25) is 19.3 Å². The van der Waals surface area contributed by atoms with Crippen molar-refractivity contribution in [3.05, 3.63) is 0 Å². The minimum atomic E-state index is -4.64. The molecule has 10 N–H and O–H groups in total. The molecular formula is C10H16N2O15. The van der Waals surface area contributed by atoms with E-state index in [0.717, 1.165) is 0 Å². The second-order valence-corrected chi connectivity index (χ2v) is 4.91. The van der Waals surface area contributed by atoms with Crippen LogP contribution in [0.3, 0.4) is 0 Å². The molecule has 0 aromatic rings. The average Bonchev–Trinajstić information content (AvgIpc) is 2.49. The van der Waals surface area contributed by atoms with Crippen molar-refractivity contribution in [2.24, 2.45) is 0 Å². The maximum absolute atomic E-state index is 11.2. The lowest BCUT2D eigenvalue weighted by Gasteiger charge is -2.47. The van der Waals surface area contributed by atoms with Gasteiger partial charge in [0, 0.05) is 0 Å². The molecule has 0 aliphatic heterocycles. The number of aliphatic carboxylic acids is 3. The van der Waals surface area contributed by atoms with E-state index in [1.165, 1.54) is 0 Å². The van der Waals surface area contributed by atoms with Gasteiger partial charge in [0.05, 0.1) is 0 Å². The highest BCUT2D eigenvalue weighted by molar-refractivity contribution is 5.78. The molecule has 0 rings (SSSR count). The van der Waals surface area contributed by atoms with Gasteiger partial charge in [0.1, 0.15) is 19.6 Å². The van der Waals surface area contributed by atoms with Crippen LogP contribution >= 0.6 is 0 Å². The van der Waals surface area contributed by atoms with Gasteiger partial charge in [0.2, 0.25) is 0 Å². The van der Waals surface area contributed by atoms with Crippen LogP contribution in [0.4, 0.5) is 0 Å². The van der Waals surface area contributed by atoms with Gasteiger partial charge in [0.15, 0.2) is 0 Å². The van der Waals surface area contributed by atoms with E-state index in [2.05, 4.69) is 4.89 Å². The lowest BCUT2D eigenvalue weighted by molar-refractivity contribution is -0.489. The molecule has 0 aromatic heterocycles. The van der Waals surface area contributed by atoms with Crippen LogP contribution in [0.15, 0.2) is 0 Å². The summed E-state index contributed by atoms with van der Waals surface area (Å²) in [5, 5.41) is 92.8. The van der Waals surface area contributed by atoms with E-state index in [0.29, 0.717) is 0 Å². The van der Waals surface area contributed by atoms with E-state index in [1.54, 1.807) is 0 Å². The number of aliphatic hydroxyl groups is 6. The first-order chi connectivity index (χ1) is 12.0. The Kier molecular flexibility index (Phi) is 7.69. The zero-order valence-corrected chi connectivity index (χ0v) is 13.0. The summed E-state index contributed by atoms with van der Waals surface area (Å²) < 4.78 is 0. The summed E-state index contributed by atoms with van der Waals surface area (Å²) in [6.45, 7) is -5.17. The van der Waals surface area contributed by atoms with Gasteiger partial charge in [0.25, 0.3) is 5.91 Å². The minimum absolute atomic E-state index is 0.452. The molecule has 0 aliphatic carbocycles. The minimum Gasteiger partial charge on any atom is -0.480 e. The molecule has 156 valence electrons. The number of hydrogen-bond donors (Lipinski definition) is 10. The first-order valence-corrected chi connectivity index (χ1v) is 6.40. The normalized spacial score (nSPS) is 12.9. The molecule has 0 aliphatic rings. The van der Waals surface area contributed by atoms with Crippen molar-refractivity contribution in [1.29, 1.82) is 0 Å². The van der Waals surface area contributed by atoms with Crippen molar-refractivity contribution in [1.82, 2.24) is 9.80 Å². The van der Waals surface area contributed by atoms with Crippen LogP contribution in [0, 0.1) is 0 Å². The van der Waals surface area contributed by atoms with Crippen LogP contribution in [0.2, 0.25) is 0 Å². The van der Waals surface area contributed by atoms with E-state index in [-0.39, 0.29) is 0 Å². The maximum atomic E-state index is 11.2. The Bertz CT molecular complexity index is 583. The fourth-order valence-electron chi connectivity index (χ4n) is 1.74. The Hall–Kier alpha value is -2.48. The number of rotatable bonds is 11. The molecule has 0 amide bonds. The van der Waals surface area contributed by atoms with Crippen molar-refractivity contribution < 1.29 is 75.3 Å². The van der Waals surface area contributed by atoms with E-state index in [9.17, 15) is 49.8 Å². The van der Waals surface area contributed by atoms with Gasteiger partial charge in [-0.1, -0.05) is 0 Å². The zero-order chi connectivity index (χ0) is 21.8. The van der Waals surface area contributed by atoms with Crippen LogP contribution in [0.5, 0.6) is 0 Å². The lowest BCUT2D eigenvalue weighted by atomic mass is 10.2. The summed E-state index contributed by atoms with van der Waals surface area (Å²) in [5.74, 6) is -22.1. The molecule has 0 bridgehead atoms. The average molecular weight is 404 g/mol. The fourth-order valence-corrected chi connectivity index (χ4v) is 1.74. The predicted octanol–water partition coefficient (Wildman–Crippen LogP) is -6.22. The smallest absolute Gasteiger partial charge is 0.417 e. The van der Waals surface area contributed by atoms with Gasteiger partial charge in [-0.15, -0.1) is 0 Å². The number of carbonyl (C=O) groups excluding carboxylic acids is 1. The Morgan fingerprint density at radius 2 is 1.07 bits per heavy atom. The monoisotopic (exact) mass is 404 g/mol. The molecule has 0 saturated carbocycles. The molecule has 0 fully saturated rings. The Labute approximate surface area is 147 Å². The highest BCUT2D eigenvalue weighted by Crippen LogP contribution is 2.30. The highest BCUT2D eigenvalue weighted by atomic mass is 17.1. The van der Waals surface area contributed by atoms with E-state index in [1.807, 2.05) is 0 Å². The summed E-state index contributed by atoms with van der Waals surface area (Å²) >= 11 is 0. The third kappa shape index (κ3) is 5.50. The van der Waals surface area contributed by atoms with Crippen molar-refractivity contribution in [3.8, 4) is 0 Å². The Balaban J connectivity index is 6.32. The molecule has 17 nitrogen and oxygen atoms in total. The first-order valence-electron chi connectivity index (χ1n) is 6.40. The lowest BCUT2D eigenvalue weighted by Crippen LogP contribution is -2.78. The zero-order valence-electron chi connectivity index (χ0n) is 13.0. The van der Waals surface area contributed by atoms with E-state index >= 15 is 0 Å². The largest absolute Gasteiger partial charge is 0.480 e. The SMILES string of the molecule is O=C(O)CN(CC(=O)O)C(O)(O)C(O)(O)N(CC(=O)O)C(O)(O)C(=O)OO. The second kappa shape index (κ2) is 8.47. The standard InChI is InChI=1S/C10H16N2O15/c13-4(14)1-11(2-5(15)16)9(22,23)10(24,25)12(3-6(17)18)8(20,21)7(19)27-26/h20-26H,1-3H2,(H,13,14)(H,15,16)(H,17,18). The molecule has 0 radical (unpaired) electrons. The molecule has 0 saturated heterocycles. The summed E-state index contributed by atoms with van der Waals surface area (Å²) in [7, 11) is 0. The summed E-state index contributed by atoms with van der Waals surface area (Å²) in [4.78, 5) is 44.8. The topological polar surface area (TPSA) is 286 Å². The Morgan fingerprint density at radius 1 is 0.704 bits per heavy atom. The maximum Gasteiger partial charge on any atom is 0.417 e. The third-order valence-electron chi connectivity index (χ3n) is 2.95. The molecule has 0 atom stereocenters. The van der Waals surface area contributed by atoms with Gasteiger partial charge >= 0.3 is 35.7 Å². The number of hydrogen-bond acceptors (Lipinski definition) is 14. The second-order valence-electron chi connectivity index (χ2n) is 4.91. The van der Waals surface area contributed by atoms with Crippen LogP contribution in [-0.4, -0.2) is 122 Å². The molecular weight excluding hydrogens is 388 g/mol. The van der Waals surface area contributed by atoms with E-state index in [4.69, 9.17) is 20.6 Å². The number of carbonyl (C=O) groups is 4. The van der Waals surface area contributed by atoms with Crippen LogP contribution < -0.4 is 0 Å². The molecule has 0 unspecified atom stereocenters. The third-order valence-corrected chi connectivity index (χ3v) is 2.95. The van der Waals surface area contributed by atoms with Gasteiger partial charge in [-0.05, 0) is 0 Å². The number of nitrogens with zero attached hydrogens (tertiary/aromatic N) is 2. The van der Waals surface area contributed by atoms with Gasteiger partial charge in [-0.25, -0.2) is 9.69 Å². The summed E-state index contributed by atoms with van der Waals surface area (Å²) in [6.07, 6.45) is 0. The molecule has 0 spiro atoms.